The van der Waals surface area contributed by atoms with Gasteiger partial charge in [-0.2, -0.15) is 0 Å². The number of hydrogen-bond donors (Lipinski definition) is 1. The minimum atomic E-state index is -0.116. The number of rotatable bonds is 5. The Morgan fingerprint density at radius 3 is 2.77 bits per heavy atom. The number of hydrogen-bond acceptors (Lipinski definition) is 6. The van der Waals surface area contributed by atoms with Crippen LogP contribution in [0.5, 0.6) is 17.2 Å². The van der Waals surface area contributed by atoms with Crippen LogP contribution >= 0.6 is 0 Å². The first kappa shape index (κ1) is 17.4. The first-order valence-corrected chi connectivity index (χ1v) is 9.31. The van der Waals surface area contributed by atoms with E-state index in [1.54, 1.807) is 0 Å². The van der Waals surface area contributed by atoms with E-state index < -0.39 is 0 Å². The monoisotopic (exact) mass is 363 g/mol. The van der Waals surface area contributed by atoms with E-state index in [-0.39, 0.29) is 30.9 Å². The second kappa shape index (κ2) is 8.14. The molecule has 142 valence electrons. The molecule has 0 aromatic heterocycles. The van der Waals surface area contributed by atoms with Crippen LogP contribution in [-0.2, 0) is 14.3 Å². The topological polar surface area (TPSA) is 75.3 Å². The summed E-state index contributed by atoms with van der Waals surface area (Å²) in [7, 11) is 0. The lowest BCUT2D eigenvalue weighted by Gasteiger charge is -2.30. The highest BCUT2D eigenvalue weighted by Gasteiger charge is 2.26. The minimum Gasteiger partial charge on any atom is -0.490 e. The Kier molecular flexibility index (Phi) is 5.45. The lowest BCUT2D eigenvalue weighted by atomic mass is 9.92. The maximum absolute atomic E-state index is 12.2. The summed E-state index contributed by atoms with van der Waals surface area (Å²) in [6.45, 7) is 1.96. The summed E-state index contributed by atoms with van der Waals surface area (Å²) in [6.07, 6.45) is 4.10. The van der Waals surface area contributed by atoms with Crippen molar-refractivity contribution in [2.45, 2.75) is 50.4 Å². The molecule has 2 fully saturated rings. The van der Waals surface area contributed by atoms with Gasteiger partial charge >= 0.3 is 0 Å². The molecule has 1 aromatic carbocycles. The molecule has 1 saturated heterocycles. The summed E-state index contributed by atoms with van der Waals surface area (Å²) in [4.78, 5) is 12.2. The van der Waals surface area contributed by atoms with Crippen molar-refractivity contribution in [1.29, 1.82) is 0 Å². The fraction of sp³-hybridized carbons (Fsp3) is 0.632. The molecule has 26 heavy (non-hydrogen) atoms. The predicted octanol–water partition coefficient (Wildman–Crippen LogP) is 2.03. The first-order chi connectivity index (χ1) is 12.8. The van der Waals surface area contributed by atoms with E-state index >= 15 is 0 Å². The highest BCUT2D eigenvalue weighted by atomic mass is 16.7. The van der Waals surface area contributed by atoms with Gasteiger partial charge in [-0.3, -0.25) is 4.79 Å². The third-order valence-electron chi connectivity index (χ3n) is 4.98. The van der Waals surface area contributed by atoms with E-state index in [2.05, 4.69) is 5.32 Å². The molecule has 1 unspecified atom stereocenters. The Bertz CT molecular complexity index is 622. The summed E-state index contributed by atoms with van der Waals surface area (Å²) < 4.78 is 27.6. The van der Waals surface area contributed by atoms with Crippen LogP contribution in [0.1, 0.15) is 32.1 Å². The molecule has 1 saturated carbocycles. The van der Waals surface area contributed by atoms with E-state index in [9.17, 15) is 4.79 Å². The van der Waals surface area contributed by atoms with Gasteiger partial charge in [-0.25, -0.2) is 0 Å². The maximum Gasteiger partial charge on any atom is 0.231 e. The average molecular weight is 363 g/mol. The molecule has 0 bridgehead atoms. The Hall–Kier alpha value is -1.99. The van der Waals surface area contributed by atoms with Crippen LogP contribution in [0, 0.1) is 0 Å². The molecule has 0 spiro atoms. The molecular weight excluding hydrogens is 338 g/mol. The Balaban J connectivity index is 1.19. The maximum atomic E-state index is 12.2. The second-order valence-corrected chi connectivity index (χ2v) is 6.95. The number of nitrogens with one attached hydrogen (secondary N) is 1. The summed E-state index contributed by atoms with van der Waals surface area (Å²) in [5, 5.41) is 3.12. The molecular formula is C19H25NO6. The smallest absolute Gasteiger partial charge is 0.231 e. The average Bonchev–Trinajstić information content (AvgIpc) is 3.12. The first-order valence-electron chi connectivity index (χ1n) is 9.31. The van der Waals surface area contributed by atoms with Gasteiger partial charge in [-0.05, 0) is 37.8 Å². The summed E-state index contributed by atoms with van der Waals surface area (Å²) in [6, 6.07) is 5.88. The molecule has 3 aliphatic rings. The Labute approximate surface area is 152 Å². The molecule has 4 rings (SSSR count). The third-order valence-corrected chi connectivity index (χ3v) is 4.98. The van der Waals surface area contributed by atoms with Crippen LogP contribution in [-0.4, -0.2) is 50.8 Å². The van der Waals surface area contributed by atoms with E-state index in [0.29, 0.717) is 26.2 Å². The normalized spacial score (nSPS) is 27.8. The molecule has 2 aliphatic heterocycles. The fourth-order valence-electron chi connectivity index (χ4n) is 3.62. The number of benzene rings is 1. The lowest BCUT2D eigenvalue weighted by Crippen LogP contribution is -2.42. The van der Waals surface area contributed by atoms with Gasteiger partial charge in [0.2, 0.25) is 12.7 Å². The van der Waals surface area contributed by atoms with E-state index in [4.69, 9.17) is 23.7 Å². The quantitative estimate of drug-likeness (QED) is 0.863. The molecule has 0 radical (unpaired) electrons. The second-order valence-electron chi connectivity index (χ2n) is 6.95. The molecule has 7 heteroatoms. The summed E-state index contributed by atoms with van der Waals surface area (Å²) in [5.41, 5.74) is 0. The Morgan fingerprint density at radius 2 is 1.96 bits per heavy atom. The zero-order valence-electron chi connectivity index (χ0n) is 14.8. The van der Waals surface area contributed by atoms with Gasteiger partial charge in [0, 0.05) is 12.1 Å². The standard InChI is InChI=1S/C19H25NO6/c21-19(10-16-11-22-7-8-23-16)20-13-1-3-14(4-2-13)26-15-5-6-17-18(9-15)25-12-24-17/h5-6,9,13-14,16H,1-4,7-8,10-12H2,(H,20,21). The van der Waals surface area contributed by atoms with Gasteiger partial charge in [0.05, 0.1) is 38.4 Å². The van der Waals surface area contributed by atoms with Gasteiger partial charge in [0.25, 0.3) is 0 Å². The van der Waals surface area contributed by atoms with Crippen molar-refractivity contribution in [2.24, 2.45) is 0 Å². The van der Waals surface area contributed by atoms with Gasteiger partial charge in [0.15, 0.2) is 11.5 Å². The van der Waals surface area contributed by atoms with E-state index in [0.717, 1.165) is 42.9 Å². The highest BCUT2D eigenvalue weighted by Crippen LogP contribution is 2.36. The number of carbonyl (C=O) groups is 1. The fourth-order valence-corrected chi connectivity index (χ4v) is 3.62. The van der Waals surface area contributed by atoms with Crippen LogP contribution in [0.2, 0.25) is 0 Å². The van der Waals surface area contributed by atoms with Crippen molar-refractivity contribution in [3.8, 4) is 17.2 Å². The zero-order valence-corrected chi connectivity index (χ0v) is 14.8. The minimum absolute atomic E-state index is 0.0423. The summed E-state index contributed by atoms with van der Waals surface area (Å²) >= 11 is 0. The van der Waals surface area contributed by atoms with Gasteiger partial charge in [0.1, 0.15) is 5.75 Å². The Morgan fingerprint density at radius 1 is 1.12 bits per heavy atom. The SMILES string of the molecule is O=C(CC1COCCO1)NC1CCC(Oc2ccc3c(c2)OCO3)CC1. The van der Waals surface area contributed by atoms with Crippen molar-refractivity contribution in [2.75, 3.05) is 26.6 Å². The third kappa shape index (κ3) is 4.40. The number of amides is 1. The lowest BCUT2D eigenvalue weighted by molar-refractivity contribution is -0.132. The van der Waals surface area contributed by atoms with Crippen LogP contribution in [0.15, 0.2) is 18.2 Å². The van der Waals surface area contributed by atoms with Gasteiger partial charge < -0.3 is 29.0 Å². The van der Waals surface area contributed by atoms with Crippen LogP contribution in [0.4, 0.5) is 0 Å². The zero-order chi connectivity index (χ0) is 17.8. The van der Waals surface area contributed by atoms with Crippen molar-refractivity contribution in [3.05, 3.63) is 18.2 Å². The predicted molar refractivity (Wildman–Crippen MR) is 92.6 cm³/mol. The van der Waals surface area contributed by atoms with Gasteiger partial charge in [-0.1, -0.05) is 0 Å². The molecule has 1 N–H and O–H groups in total. The number of ether oxygens (including phenoxy) is 5. The molecule has 1 aliphatic carbocycles. The molecule has 1 aromatic rings. The molecule has 1 atom stereocenters. The van der Waals surface area contributed by atoms with Crippen molar-refractivity contribution in [1.82, 2.24) is 5.32 Å². The number of carbonyl (C=O) groups excluding carboxylic acids is 1. The van der Waals surface area contributed by atoms with Crippen LogP contribution < -0.4 is 19.5 Å². The van der Waals surface area contributed by atoms with Crippen LogP contribution in [0.3, 0.4) is 0 Å². The molecule has 1 amide bonds. The van der Waals surface area contributed by atoms with Gasteiger partial charge in [-0.15, -0.1) is 0 Å². The highest BCUT2D eigenvalue weighted by molar-refractivity contribution is 5.76. The van der Waals surface area contributed by atoms with E-state index in [1.807, 2.05) is 18.2 Å². The number of fused-ring (bicyclic) bond motifs is 1. The van der Waals surface area contributed by atoms with Crippen LogP contribution in [0.25, 0.3) is 0 Å². The van der Waals surface area contributed by atoms with E-state index in [1.165, 1.54) is 0 Å². The molecule has 2 heterocycles. The largest absolute Gasteiger partial charge is 0.490 e. The summed E-state index contributed by atoms with van der Waals surface area (Å²) in [5.74, 6) is 2.34. The van der Waals surface area contributed by atoms with Crippen molar-refractivity contribution in [3.63, 3.8) is 0 Å². The molecule has 7 nitrogen and oxygen atoms in total. The van der Waals surface area contributed by atoms with Crippen molar-refractivity contribution < 1.29 is 28.5 Å². The van der Waals surface area contributed by atoms with Crippen molar-refractivity contribution >= 4 is 5.91 Å².